The highest BCUT2D eigenvalue weighted by Gasteiger charge is 2.25. The minimum Gasteiger partial charge on any atom is -0.402 e. The third-order valence-electron chi connectivity index (χ3n) is 4.15. The number of aliphatic imine (C=N–C) groups is 1. The van der Waals surface area contributed by atoms with E-state index in [9.17, 15) is 13.2 Å². The van der Waals surface area contributed by atoms with Crippen molar-refractivity contribution in [1.29, 1.82) is 0 Å². The van der Waals surface area contributed by atoms with Crippen molar-refractivity contribution >= 4 is 39.7 Å². The Bertz CT molecular complexity index is 1270. The molecule has 0 aromatic heterocycles. The first kappa shape index (κ1) is 19.9. The van der Waals surface area contributed by atoms with Gasteiger partial charge in [0.05, 0.1) is 10.6 Å². The van der Waals surface area contributed by atoms with Crippen LogP contribution in [0.25, 0.3) is 6.08 Å². The van der Waals surface area contributed by atoms with Crippen LogP contribution in [0, 0.1) is 0 Å². The van der Waals surface area contributed by atoms with Gasteiger partial charge in [-0.1, -0.05) is 54.1 Å². The minimum absolute atomic E-state index is 0.0614. The number of carbonyl (C=O) groups excluding carboxylic acids is 1. The molecular weight excluding hydrogens is 426 g/mol. The van der Waals surface area contributed by atoms with Crippen molar-refractivity contribution < 1.29 is 22.1 Å². The normalized spacial score (nSPS) is 15.0. The summed E-state index contributed by atoms with van der Waals surface area (Å²) in [6, 6.07) is 21.0. The van der Waals surface area contributed by atoms with Crippen LogP contribution in [0.3, 0.4) is 0 Å². The smallest absolute Gasteiger partial charge is 0.363 e. The molecule has 0 fully saturated rings. The maximum atomic E-state index is 12.3. The van der Waals surface area contributed by atoms with E-state index in [-0.39, 0.29) is 22.2 Å². The van der Waals surface area contributed by atoms with Crippen LogP contribution in [0.2, 0.25) is 5.02 Å². The molecule has 1 aliphatic heterocycles. The molecule has 0 radical (unpaired) electrons. The lowest BCUT2D eigenvalue weighted by molar-refractivity contribution is -0.129. The van der Waals surface area contributed by atoms with Crippen molar-refractivity contribution in [2.45, 2.75) is 4.90 Å². The Morgan fingerprint density at radius 1 is 0.900 bits per heavy atom. The van der Waals surface area contributed by atoms with E-state index in [1.54, 1.807) is 54.6 Å². The SMILES string of the molecule is O=C1OC(c2ccccc2Cl)=NC1=Cc1ccc(OS(=O)(=O)c2ccccc2)cc1. The fourth-order valence-electron chi connectivity index (χ4n) is 2.70. The van der Waals surface area contributed by atoms with Crippen molar-refractivity contribution in [2.24, 2.45) is 4.99 Å². The van der Waals surface area contributed by atoms with Crippen molar-refractivity contribution in [1.82, 2.24) is 0 Å². The molecule has 0 N–H and O–H groups in total. The van der Waals surface area contributed by atoms with Gasteiger partial charge < -0.3 is 8.92 Å². The largest absolute Gasteiger partial charge is 0.402 e. The third kappa shape index (κ3) is 4.27. The summed E-state index contributed by atoms with van der Waals surface area (Å²) < 4.78 is 34.9. The van der Waals surface area contributed by atoms with Gasteiger partial charge in [-0.15, -0.1) is 0 Å². The summed E-state index contributed by atoms with van der Waals surface area (Å²) in [6.45, 7) is 0. The molecular formula is C22H14ClNO5S. The van der Waals surface area contributed by atoms with Gasteiger partial charge in [-0.2, -0.15) is 8.42 Å². The molecule has 0 unspecified atom stereocenters. The molecule has 1 heterocycles. The molecule has 4 rings (SSSR count). The number of nitrogens with zero attached hydrogens (tertiary/aromatic N) is 1. The maximum absolute atomic E-state index is 12.3. The van der Waals surface area contributed by atoms with E-state index in [1.165, 1.54) is 30.3 Å². The van der Waals surface area contributed by atoms with Crippen LogP contribution in [-0.2, 0) is 19.6 Å². The number of cyclic esters (lactones) is 1. The summed E-state index contributed by atoms with van der Waals surface area (Å²) in [6.07, 6.45) is 1.53. The van der Waals surface area contributed by atoms with Gasteiger partial charge in [-0.25, -0.2) is 9.79 Å². The first-order valence-electron chi connectivity index (χ1n) is 8.79. The summed E-state index contributed by atoms with van der Waals surface area (Å²) >= 11 is 6.12. The van der Waals surface area contributed by atoms with E-state index in [0.29, 0.717) is 16.1 Å². The van der Waals surface area contributed by atoms with E-state index in [4.69, 9.17) is 20.5 Å². The average Bonchev–Trinajstić information content (AvgIpc) is 3.10. The van der Waals surface area contributed by atoms with Crippen LogP contribution in [-0.4, -0.2) is 20.3 Å². The Morgan fingerprint density at radius 3 is 2.27 bits per heavy atom. The van der Waals surface area contributed by atoms with Gasteiger partial charge in [-0.3, -0.25) is 0 Å². The van der Waals surface area contributed by atoms with E-state index in [2.05, 4.69) is 4.99 Å². The molecule has 150 valence electrons. The predicted octanol–water partition coefficient (Wildman–Crippen LogP) is 4.45. The van der Waals surface area contributed by atoms with Crippen LogP contribution < -0.4 is 4.18 Å². The van der Waals surface area contributed by atoms with Crippen LogP contribution in [0.5, 0.6) is 5.75 Å². The Morgan fingerprint density at radius 2 is 1.57 bits per heavy atom. The number of benzene rings is 3. The minimum atomic E-state index is -3.92. The Kier molecular flexibility index (Phi) is 5.39. The Balaban J connectivity index is 1.54. The van der Waals surface area contributed by atoms with Crippen molar-refractivity contribution in [3.8, 4) is 5.75 Å². The van der Waals surface area contributed by atoms with Gasteiger partial charge in [-0.05, 0) is 48.0 Å². The molecule has 0 spiro atoms. The lowest BCUT2D eigenvalue weighted by Gasteiger charge is -2.07. The molecule has 3 aromatic rings. The van der Waals surface area contributed by atoms with E-state index in [0.717, 1.165) is 0 Å². The van der Waals surface area contributed by atoms with Gasteiger partial charge in [0.2, 0.25) is 5.90 Å². The van der Waals surface area contributed by atoms with E-state index >= 15 is 0 Å². The predicted molar refractivity (Wildman–Crippen MR) is 113 cm³/mol. The zero-order valence-corrected chi connectivity index (χ0v) is 16.9. The van der Waals surface area contributed by atoms with Crippen LogP contribution in [0.1, 0.15) is 11.1 Å². The van der Waals surface area contributed by atoms with Gasteiger partial charge in [0.1, 0.15) is 10.6 Å². The fraction of sp³-hybridized carbons (Fsp3) is 0. The lowest BCUT2D eigenvalue weighted by Crippen LogP contribution is -2.09. The average molecular weight is 440 g/mol. The van der Waals surface area contributed by atoms with Gasteiger partial charge in [0.25, 0.3) is 0 Å². The van der Waals surface area contributed by atoms with Gasteiger partial charge >= 0.3 is 16.1 Å². The molecule has 8 heteroatoms. The van der Waals surface area contributed by atoms with Gasteiger partial charge in [0, 0.05) is 0 Å². The molecule has 30 heavy (non-hydrogen) atoms. The zero-order valence-electron chi connectivity index (χ0n) is 15.4. The number of ether oxygens (including phenoxy) is 1. The van der Waals surface area contributed by atoms with E-state index in [1.807, 2.05) is 0 Å². The standard InChI is InChI=1S/C22H14ClNO5S/c23-19-9-5-4-8-18(19)21-24-20(22(25)28-21)14-15-10-12-16(13-11-15)29-30(26,27)17-6-2-1-3-7-17/h1-14H. The van der Waals surface area contributed by atoms with E-state index < -0.39 is 16.1 Å². The molecule has 0 amide bonds. The monoisotopic (exact) mass is 439 g/mol. The molecule has 1 aliphatic rings. The topological polar surface area (TPSA) is 82.0 Å². The summed E-state index contributed by atoms with van der Waals surface area (Å²) in [5.74, 6) is -0.321. The van der Waals surface area contributed by atoms with Gasteiger partial charge in [0.15, 0.2) is 5.70 Å². The number of hydrogen-bond acceptors (Lipinski definition) is 6. The van der Waals surface area contributed by atoms with Crippen molar-refractivity contribution in [3.63, 3.8) is 0 Å². The summed E-state index contributed by atoms with van der Waals surface area (Å²) in [4.78, 5) is 16.4. The molecule has 6 nitrogen and oxygen atoms in total. The van der Waals surface area contributed by atoms with Crippen molar-refractivity contribution in [2.75, 3.05) is 0 Å². The molecule has 0 saturated heterocycles. The summed E-state index contributed by atoms with van der Waals surface area (Å²) in [7, 11) is -3.92. The second-order valence-electron chi connectivity index (χ2n) is 6.24. The first-order chi connectivity index (χ1) is 14.4. The number of halogens is 1. The van der Waals surface area contributed by atoms with Crippen LogP contribution in [0.4, 0.5) is 0 Å². The second kappa shape index (κ2) is 8.14. The molecule has 0 saturated carbocycles. The molecule has 3 aromatic carbocycles. The molecule has 0 aliphatic carbocycles. The first-order valence-corrected chi connectivity index (χ1v) is 10.6. The highest BCUT2D eigenvalue weighted by atomic mass is 35.5. The lowest BCUT2D eigenvalue weighted by atomic mass is 10.2. The highest BCUT2D eigenvalue weighted by Crippen LogP contribution is 2.25. The highest BCUT2D eigenvalue weighted by molar-refractivity contribution is 7.87. The zero-order chi connectivity index (χ0) is 21.1. The summed E-state index contributed by atoms with van der Waals surface area (Å²) in [5, 5.41) is 0.423. The second-order valence-corrected chi connectivity index (χ2v) is 8.19. The third-order valence-corrected chi connectivity index (χ3v) is 5.74. The number of carbonyl (C=O) groups is 1. The fourth-order valence-corrected chi connectivity index (χ4v) is 3.87. The Hall–Kier alpha value is -3.42. The number of rotatable bonds is 5. The molecule has 0 atom stereocenters. The quantitative estimate of drug-likeness (QED) is 0.333. The molecule has 0 bridgehead atoms. The Labute approximate surface area is 178 Å². The number of hydrogen-bond donors (Lipinski definition) is 0. The van der Waals surface area contributed by atoms with Crippen LogP contribution >= 0.6 is 11.6 Å². The maximum Gasteiger partial charge on any atom is 0.363 e. The van der Waals surface area contributed by atoms with Crippen LogP contribution in [0.15, 0.2) is 94.4 Å². The van der Waals surface area contributed by atoms with Crippen molar-refractivity contribution in [3.05, 3.63) is 101 Å². The summed E-state index contributed by atoms with van der Waals surface area (Å²) in [5.41, 5.74) is 1.25. The number of esters is 1.